The molecule has 0 radical (unpaired) electrons. The first-order valence-corrected chi connectivity index (χ1v) is 9.27. The van der Waals surface area contributed by atoms with E-state index in [0.717, 1.165) is 37.8 Å². The average molecular weight is 380 g/mol. The van der Waals surface area contributed by atoms with Gasteiger partial charge in [0, 0.05) is 38.2 Å². The van der Waals surface area contributed by atoms with Crippen LogP contribution in [0.1, 0.15) is 36.8 Å². The summed E-state index contributed by atoms with van der Waals surface area (Å²) in [5.41, 5.74) is -0.180. The van der Waals surface area contributed by atoms with Gasteiger partial charge in [0.05, 0.1) is 5.56 Å². The van der Waals surface area contributed by atoms with Crippen molar-refractivity contribution in [1.82, 2.24) is 9.80 Å². The highest BCUT2D eigenvalue weighted by Gasteiger charge is 2.31. The molecule has 1 aliphatic carbocycles. The van der Waals surface area contributed by atoms with Crippen LogP contribution < -0.4 is 0 Å². The van der Waals surface area contributed by atoms with E-state index in [1.807, 2.05) is 4.90 Å². The van der Waals surface area contributed by atoms with Crippen LogP contribution >= 0.6 is 0 Å². The Morgan fingerprint density at radius 3 is 2.04 bits per heavy atom. The third kappa shape index (κ3) is 4.90. The Hall–Kier alpha value is -2.31. The van der Waals surface area contributed by atoms with Gasteiger partial charge in [-0.1, -0.05) is 25.0 Å². The van der Waals surface area contributed by atoms with Crippen molar-refractivity contribution in [2.45, 2.75) is 31.9 Å². The van der Waals surface area contributed by atoms with Gasteiger partial charge in [-0.25, -0.2) is 0 Å². The van der Waals surface area contributed by atoms with E-state index in [9.17, 15) is 22.8 Å². The Kier molecular flexibility index (Phi) is 5.87. The first-order chi connectivity index (χ1) is 12.8. The molecule has 1 saturated heterocycles. The molecule has 0 bridgehead atoms. The fourth-order valence-corrected chi connectivity index (χ4v) is 3.63. The molecule has 7 heteroatoms. The van der Waals surface area contributed by atoms with Gasteiger partial charge < -0.3 is 9.80 Å². The lowest BCUT2D eigenvalue weighted by Crippen LogP contribution is -2.51. The van der Waals surface area contributed by atoms with Gasteiger partial charge in [-0.15, -0.1) is 0 Å². The van der Waals surface area contributed by atoms with Crippen LogP contribution in [0.3, 0.4) is 0 Å². The molecule has 0 N–H and O–H groups in total. The summed E-state index contributed by atoms with van der Waals surface area (Å²) in [6.07, 6.45) is 2.68. The summed E-state index contributed by atoms with van der Waals surface area (Å²) in [5, 5.41) is 0. The minimum Gasteiger partial charge on any atom is -0.339 e. The molecule has 1 heterocycles. The summed E-state index contributed by atoms with van der Waals surface area (Å²) in [6, 6.07) is 4.67. The van der Waals surface area contributed by atoms with Gasteiger partial charge in [-0.3, -0.25) is 9.59 Å². The highest BCUT2D eigenvalue weighted by atomic mass is 19.4. The van der Waals surface area contributed by atoms with Gasteiger partial charge in [-0.2, -0.15) is 13.2 Å². The van der Waals surface area contributed by atoms with Crippen molar-refractivity contribution in [2.24, 2.45) is 5.92 Å². The number of hydrogen-bond donors (Lipinski definition) is 0. The number of alkyl halides is 3. The molecule has 1 saturated carbocycles. The van der Waals surface area contributed by atoms with Crippen molar-refractivity contribution >= 4 is 17.9 Å². The molecule has 1 aromatic carbocycles. The van der Waals surface area contributed by atoms with Gasteiger partial charge in [0.15, 0.2) is 0 Å². The zero-order valence-electron chi connectivity index (χ0n) is 15.0. The SMILES string of the molecule is O=C(/C=C/c1ccc(C(F)(F)F)cc1)N1CCN(C(=O)C2CCCC2)CC1. The molecule has 27 heavy (non-hydrogen) atoms. The van der Waals surface area contributed by atoms with Gasteiger partial charge in [0.25, 0.3) is 0 Å². The van der Waals surface area contributed by atoms with E-state index in [0.29, 0.717) is 31.7 Å². The molecular formula is C20H23F3N2O2. The van der Waals surface area contributed by atoms with Crippen LogP contribution in [-0.2, 0) is 15.8 Å². The van der Waals surface area contributed by atoms with Crippen LogP contribution in [0, 0.1) is 5.92 Å². The third-order valence-corrected chi connectivity index (χ3v) is 5.26. The predicted octanol–water partition coefficient (Wildman–Crippen LogP) is 3.58. The number of benzene rings is 1. The van der Waals surface area contributed by atoms with Crippen LogP contribution in [-0.4, -0.2) is 47.8 Å². The van der Waals surface area contributed by atoms with Crippen molar-refractivity contribution in [3.8, 4) is 0 Å². The van der Waals surface area contributed by atoms with Gasteiger partial charge in [0.2, 0.25) is 11.8 Å². The van der Waals surface area contributed by atoms with Crippen molar-refractivity contribution in [2.75, 3.05) is 26.2 Å². The lowest BCUT2D eigenvalue weighted by atomic mass is 10.1. The van der Waals surface area contributed by atoms with E-state index in [2.05, 4.69) is 0 Å². The molecular weight excluding hydrogens is 357 g/mol. The summed E-state index contributed by atoms with van der Waals surface area (Å²) >= 11 is 0. The summed E-state index contributed by atoms with van der Waals surface area (Å²) in [5.74, 6) is 0.162. The van der Waals surface area contributed by atoms with Crippen LogP contribution in [0.5, 0.6) is 0 Å². The van der Waals surface area contributed by atoms with Crippen molar-refractivity contribution < 1.29 is 22.8 Å². The minimum atomic E-state index is -4.37. The quantitative estimate of drug-likeness (QED) is 0.752. The van der Waals surface area contributed by atoms with Crippen LogP contribution in [0.25, 0.3) is 6.08 Å². The molecule has 4 nitrogen and oxygen atoms in total. The standard InChI is InChI=1S/C20H23F3N2O2/c21-20(22,23)17-8-5-15(6-9-17)7-10-18(26)24-11-13-25(14-12-24)19(27)16-3-1-2-4-16/h5-10,16H,1-4,11-14H2/b10-7+. The normalized spacial score (nSPS) is 19.1. The van der Waals surface area contributed by atoms with E-state index < -0.39 is 11.7 Å². The second-order valence-electron chi connectivity index (χ2n) is 7.09. The van der Waals surface area contributed by atoms with Crippen LogP contribution in [0.15, 0.2) is 30.3 Å². The molecule has 1 aliphatic heterocycles. The number of carbonyl (C=O) groups excluding carboxylic acids is 2. The summed E-state index contributed by atoms with van der Waals surface area (Å²) in [4.78, 5) is 28.2. The maximum absolute atomic E-state index is 12.6. The van der Waals surface area contributed by atoms with Crippen LogP contribution in [0.2, 0.25) is 0 Å². The largest absolute Gasteiger partial charge is 0.416 e. The van der Waals surface area contributed by atoms with E-state index in [-0.39, 0.29) is 17.7 Å². The van der Waals surface area contributed by atoms with E-state index in [1.165, 1.54) is 24.3 Å². The average Bonchev–Trinajstić information content (AvgIpc) is 3.20. The number of hydrogen-bond acceptors (Lipinski definition) is 2. The monoisotopic (exact) mass is 380 g/mol. The number of piperazine rings is 1. The number of carbonyl (C=O) groups is 2. The van der Waals surface area contributed by atoms with E-state index in [4.69, 9.17) is 0 Å². The highest BCUT2D eigenvalue weighted by molar-refractivity contribution is 5.92. The van der Waals surface area contributed by atoms with Crippen molar-refractivity contribution in [1.29, 1.82) is 0 Å². The lowest BCUT2D eigenvalue weighted by Gasteiger charge is -2.35. The molecule has 2 amide bonds. The molecule has 2 fully saturated rings. The minimum absolute atomic E-state index is 0.145. The van der Waals surface area contributed by atoms with E-state index >= 15 is 0 Å². The number of amides is 2. The topological polar surface area (TPSA) is 40.6 Å². The van der Waals surface area contributed by atoms with Gasteiger partial charge in [0.1, 0.15) is 0 Å². The summed E-state index contributed by atoms with van der Waals surface area (Å²) in [6.45, 7) is 2.04. The first-order valence-electron chi connectivity index (χ1n) is 9.27. The molecule has 3 rings (SSSR count). The molecule has 0 unspecified atom stereocenters. The second kappa shape index (κ2) is 8.15. The Morgan fingerprint density at radius 1 is 0.926 bits per heavy atom. The molecule has 0 atom stereocenters. The molecule has 0 aromatic heterocycles. The molecule has 1 aromatic rings. The Morgan fingerprint density at radius 2 is 1.48 bits per heavy atom. The number of rotatable bonds is 3. The van der Waals surface area contributed by atoms with Crippen LogP contribution in [0.4, 0.5) is 13.2 Å². The van der Waals surface area contributed by atoms with Gasteiger partial charge in [-0.05, 0) is 36.6 Å². The summed E-state index contributed by atoms with van der Waals surface area (Å²) in [7, 11) is 0. The Labute approximate surface area is 156 Å². The zero-order valence-corrected chi connectivity index (χ0v) is 15.0. The summed E-state index contributed by atoms with van der Waals surface area (Å²) < 4.78 is 37.7. The molecule has 0 spiro atoms. The number of nitrogens with zero attached hydrogens (tertiary/aromatic N) is 2. The Bertz CT molecular complexity index is 699. The van der Waals surface area contributed by atoms with E-state index in [1.54, 1.807) is 4.90 Å². The zero-order chi connectivity index (χ0) is 19.4. The van der Waals surface area contributed by atoms with Gasteiger partial charge >= 0.3 is 6.18 Å². The van der Waals surface area contributed by atoms with Crippen molar-refractivity contribution in [3.63, 3.8) is 0 Å². The lowest BCUT2D eigenvalue weighted by molar-refractivity contribution is -0.140. The fourth-order valence-electron chi connectivity index (χ4n) is 3.63. The van der Waals surface area contributed by atoms with Crippen molar-refractivity contribution in [3.05, 3.63) is 41.5 Å². The highest BCUT2D eigenvalue weighted by Crippen LogP contribution is 2.29. The molecule has 2 aliphatic rings. The predicted molar refractivity (Wildman–Crippen MR) is 95.6 cm³/mol. The Balaban J connectivity index is 1.50. The second-order valence-corrected chi connectivity index (χ2v) is 7.09. The first kappa shape index (κ1) is 19.5. The maximum atomic E-state index is 12.6. The smallest absolute Gasteiger partial charge is 0.339 e. The fraction of sp³-hybridized carbons (Fsp3) is 0.500. The third-order valence-electron chi connectivity index (χ3n) is 5.26. The molecule has 146 valence electrons. The number of halogens is 3. The maximum Gasteiger partial charge on any atom is 0.416 e.